The average Bonchev–Trinajstić information content (AvgIpc) is 2.47. The molecular formula is C9H7F2NS2. The van der Waals surface area contributed by atoms with Crippen LogP contribution >= 0.6 is 24.0 Å². The summed E-state index contributed by atoms with van der Waals surface area (Å²) in [4.78, 5) is 0.686. The van der Waals surface area contributed by atoms with Gasteiger partial charge in [-0.2, -0.15) is 0 Å². The Hall–Kier alpha value is -0.810. The second kappa shape index (κ2) is 3.40. The van der Waals surface area contributed by atoms with E-state index in [0.717, 1.165) is 4.70 Å². The summed E-state index contributed by atoms with van der Waals surface area (Å²) in [5.41, 5.74) is 5.59. The largest absolute Gasteiger partial charge is 0.391 e. The smallest absolute Gasteiger partial charge is 0.264 e. The van der Waals surface area contributed by atoms with Crippen LogP contribution < -0.4 is 5.73 Å². The summed E-state index contributed by atoms with van der Waals surface area (Å²) in [5.74, 6) is 0. The zero-order valence-electron chi connectivity index (χ0n) is 7.00. The number of rotatable bonds is 1. The average molecular weight is 231 g/mol. The topological polar surface area (TPSA) is 26.0 Å². The number of thiol groups is 1. The maximum Gasteiger partial charge on any atom is 0.264 e. The lowest BCUT2D eigenvalue weighted by atomic mass is 10.1. The summed E-state index contributed by atoms with van der Waals surface area (Å²) < 4.78 is 25.9. The van der Waals surface area contributed by atoms with Crippen molar-refractivity contribution in [3.8, 4) is 0 Å². The number of anilines is 1. The van der Waals surface area contributed by atoms with Gasteiger partial charge in [0.25, 0.3) is 6.43 Å². The summed E-state index contributed by atoms with van der Waals surface area (Å²) in [5, 5.41) is 1.04. The molecule has 0 amide bonds. The highest BCUT2D eigenvalue weighted by atomic mass is 32.1. The maximum absolute atomic E-state index is 12.6. The van der Waals surface area contributed by atoms with E-state index in [2.05, 4.69) is 12.6 Å². The maximum atomic E-state index is 12.6. The van der Waals surface area contributed by atoms with Crippen LogP contribution in [0.2, 0.25) is 0 Å². The highest BCUT2D eigenvalue weighted by Gasteiger charge is 2.14. The number of nitrogens with two attached hydrogens (primary N) is 1. The van der Waals surface area contributed by atoms with Crippen molar-refractivity contribution >= 4 is 39.1 Å². The van der Waals surface area contributed by atoms with Crippen molar-refractivity contribution in [2.24, 2.45) is 0 Å². The number of fused-ring (bicyclic) bond motifs is 1. The molecule has 2 rings (SSSR count). The molecule has 1 aromatic heterocycles. The number of nitrogen functional groups attached to an aromatic ring is 1. The van der Waals surface area contributed by atoms with Gasteiger partial charge < -0.3 is 5.73 Å². The van der Waals surface area contributed by atoms with Crippen molar-refractivity contribution in [2.75, 3.05) is 5.73 Å². The van der Waals surface area contributed by atoms with E-state index in [1.54, 1.807) is 12.1 Å². The molecule has 2 N–H and O–H groups in total. The molecule has 14 heavy (non-hydrogen) atoms. The van der Waals surface area contributed by atoms with Crippen LogP contribution in [0, 0.1) is 0 Å². The van der Waals surface area contributed by atoms with Crippen LogP contribution in [-0.4, -0.2) is 0 Å². The predicted octanol–water partition coefficient (Wildman–Crippen LogP) is 3.71. The molecule has 0 saturated carbocycles. The van der Waals surface area contributed by atoms with Gasteiger partial charge in [0.2, 0.25) is 0 Å². The number of thiophene rings is 1. The van der Waals surface area contributed by atoms with Gasteiger partial charge in [0.1, 0.15) is 0 Å². The van der Waals surface area contributed by atoms with Gasteiger partial charge in [0, 0.05) is 15.8 Å². The van der Waals surface area contributed by atoms with E-state index in [-0.39, 0.29) is 5.56 Å². The lowest BCUT2D eigenvalue weighted by Gasteiger charge is -2.02. The van der Waals surface area contributed by atoms with Crippen LogP contribution in [0.5, 0.6) is 0 Å². The molecule has 74 valence electrons. The molecule has 0 aliphatic carbocycles. The molecule has 1 heterocycles. The molecule has 0 saturated heterocycles. The number of benzene rings is 1. The van der Waals surface area contributed by atoms with Gasteiger partial charge >= 0.3 is 0 Å². The summed E-state index contributed by atoms with van der Waals surface area (Å²) >= 11 is 5.47. The molecule has 0 aliphatic rings. The predicted molar refractivity (Wildman–Crippen MR) is 58.4 cm³/mol. The fourth-order valence-corrected chi connectivity index (χ4v) is 2.54. The third kappa shape index (κ3) is 1.46. The Kier molecular flexibility index (Phi) is 2.36. The van der Waals surface area contributed by atoms with Crippen LogP contribution in [0.4, 0.5) is 13.8 Å². The second-order valence-electron chi connectivity index (χ2n) is 2.87. The monoisotopic (exact) mass is 231 g/mol. The Balaban J connectivity index is 2.81. The molecule has 1 nitrogen and oxygen atoms in total. The summed E-state index contributed by atoms with van der Waals surface area (Å²) in [6.45, 7) is 0. The van der Waals surface area contributed by atoms with Crippen LogP contribution in [0.25, 0.3) is 10.1 Å². The first-order chi connectivity index (χ1) is 6.59. The van der Waals surface area contributed by atoms with Crippen molar-refractivity contribution in [1.82, 2.24) is 0 Å². The Bertz CT molecular complexity index is 479. The molecule has 0 spiro atoms. The Morgan fingerprint density at radius 2 is 2.07 bits per heavy atom. The van der Waals surface area contributed by atoms with Crippen molar-refractivity contribution in [1.29, 1.82) is 0 Å². The van der Waals surface area contributed by atoms with Crippen LogP contribution in [0.3, 0.4) is 0 Å². The summed E-state index contributed by atoms with van der Waals surface area (Å²) in [7, 11) is 0. The number of hydrogen-bond donors (Lipinski definition) is 2. The molecule has 0 bridgehead atoms. The minimum Gasteiger partial charge on any atom is -0.391 e. The number of alkyl halides is 2. The number of halogens is 2. The van der Waals surface area contributed by atoms with E-state index in [1.807, 2.05) is 0 Å². The molecule has 0 fully saturated rings. The van der Waals surface area contributed by atoms with E-state index >= 15 is 0 Å². The number of hydrogen-bond acceptors (Lipinski definition) is 3. The van der Waals surface area contributed by atoms with E-state index in [4.69, 9.17) is 5.73 Å². The third-order valence-corrected chi connectivity index (χ3v) is 3.47. The SMILES string of the molecule is Nc1cc2c(C(F)F)ccc(S)c2s1. The lowest BCUT2D eigenvalue weighted by Crippen LogP contribution is -1.84. The molecular weight excluding hydrogens is 224 g/mol. The molecule has 0 atom stereocenters. The zero-order chi connectivity index (χ0) is 10.3. The van der Waals surface area contributed by atoms with Gasteiger partial charge in [-0.15, -0.1) is 24.0 Å². The summed E-state index contributed by atoms with van der Waals surface area (Å²) in [6.07, 6.45) is -2.47. The lowest BCUT2D eigenvalue weighted by molar-refractivity contribution is 0.153. The molecule has 5 heteroatoms. The fourth-order valence-electron chi connectivity index (χ4n) is 1.34. The van der Waals surface area contributed by atoms with E-state index < -0.39 is 6.43 Å². The molecule has 0 radical (unpaired) electrons. The Morgan fingerprint density at radius 1 is 1.36 bits per heavy atom. The summed E-state index contributed by atoms with van der Waals surface area (Å²) in [6, 6.07) is 4.53. The first kappa shape index (κ1) is 9.73. The molecule has 1 aromatic carbocycles. The second-order valence-corrected chi connectivity index (χ2v) is 4.43. The standard InChI is InChI=1S/C9H7F2NS2/c10-9(11)4-1-2-6(13)8-5(4)3-7(12)14-8/h1-3,9,13H,12H2. The van der Waals surface area contributed by atoms with Crippen molar-refractivity contribution < 1.29 is 8.78 Å². The third-order valence-electron chi connectivity index (χ3n) is 1.95. The van der Waals surface area contributed by atoms with Gasteiger partial charge in [-0.25, -0.2) is 8.78 Å². The highest BCUT2D eigenvalue weighted by molar-refractivity contribution is 7.80. The fraction of sp³-hybridized carbons (Fsp3) is 0.111. The van der Waals surface area contributed by atoms with Crippen molar-refractivity contribution in [2.45, 2.75) is 11.3 Å². The van der Waals surface area contributed by atoms with Gasteiger partial charge in [0.05, 0.1) is 9.70 Å². The van der Waals surface area contributed by atoms with Gasteiger partial charge in [-0.1, -0.05) is 6.07 Å². The van der Waals surface area contributed by atoms with Crippen molar-refractivity contribution in [3.63, 3.8) is 0 Å². The first-order valence-electron chi connectivity index (χ1n) is 3.88. The molecule has 0 aliphatic heterocycles. The van der Waals surface area contributed by atoms with Crippen molar-refractivity contribution in [3.05, 3.63) is 23.8 Å². The van der Waals surface area contributed by atoms with Gasteiger partial charge in [-0.3, -0.25) is 0 Å². The minimum absolute atomic E-state index is 0.0192. The Morgan fingerprint density at radius 3 is 2.71 bits per heavy atom. The normalized spacial score (nSPS) is 11.4. The highest BCUT2D eigenvalue weighted by Crippen LogP contribution is 2.37. The van der Waals surface area contributed by atoms with Gasteiger partial charge in [-0.05, 0) is 12.1 Å². The first-order valence-corrected chi connectivity index (χ1v) is 5.15. The van der Waals surface area contributed by atoms with E-state index in [0.29, 0.717) is 15.3 Å². The molecule has 2 aromatic rings. The van der Waals surface area contributed by atoms with Crippen LogP contribution in [-0.2, 0) is 0 Å². The minimum atomic E-state index is -2.47. The van der Waals surface area contributed by atoms with Gasteiger partial charge in [0.15, 0.2) is 0 Å². The Labute approximate surface area is 88.9 Å². The zero-order valence-corrected chi connectivity index (χ0v) is 8.71. The van der Waals surface area contributed by atoms with E-state index in [1.165, 1.54) is 17.4 Å². The van der Waals surface area contributed by atoms with Crippen LogP contribution in [0.15, 0.2) is 23.1 Å². The quantitative estimate of drug-likeness (QED) is 0.719. The van der Waals surface area contributed by atoms with Crippen LogP contribution in [0.1, 0.15) is 12.0 Å². The molecule has 0 unspecified atom stereocenters. The van der Waals surface area contributed by atoms with E-state index in [9.17, 15) is 8.78 Å².